The number of carboxylic acid groups (broad SMARTS) is 3. The van der Waals surface area contributed by atoms with Gasteiger partial charge in [0, 0.05) is 13.2 Å². The van der Waals surface area contributed by atoms with Gasteiger partial charge in [-0.3, -0.25) is 24.1 Å². The third-order valence-electron chi connectivity index (χ3n) is 3.56. The third-order valence-corrected chi connectivity index (χ3v) is 3.88. The van der Waals surface area contributed by atoms with Crippen LogP contribution in [0, 0.1) is 0 Å². The molecule has 1 unspecified atom stereocenters. The number of aliphatic carboxylic acids is 3. The van der Waals surface area contributed by atoms with Crippen LogP contribution in [-0.2, 0) is 23.9 Å². The quantitative estimate of drug-likeness (QED) is 0.164. The first-order valence-corrected chi connectivity index (χ1v) is 9.27. The molecule has 1 amide bonds. The van der Waals surface area contributed by atoms with Crippen molar-refractivity contribution >= 4 is 36.4 Å². The molecule has 0 saturated carbocycles. The van der Waals surface area contributed by atoms with Crippen molar-refractivity contribution in [3.05, 3.63) is 0 Å². The molecule has 11 heteroatoms. The molecule has 0 saturated heterocycles. The maximum Gasteiger partial charge on any atom is 0.320 e. The Balaban J connectivity index is 4.14. The zero-order valence-corrected chi connectivity index (χ0v) is 16.0. The van der Waals surface area contributed by atoms with E-state index >= 15 is 0 Å². The third kappa shape index (κ3) is 13.9. The first-order chi connectivity index (χ1) is 12.8. The van der Waals surface area contributed by atoms with Gasteiger partial charge >= 0.3 is 17.9 Å². The van der Waals surface area contributed by atoms with E-state index in [0.29, 0.717) is 38.2 Å². The molecular weight excluding hydrogens is 380 g/mol. The standard InChI is InChI=1S/C16H28N2O8S/c19-13(11-26-7-4-8-27)17-6-3-1-2-5-12(16(24)25)18(9-14(20)21)10-15(22)23/h12,27H,1-11H2,(H,17,19)(H,20,21)(H,22,23)(H,24,25). The Bertz CT molecular complexity index is 473. The summed E-state index contributed by atoms with van der Waals surface area (Å²) in [7, 11) is 0. The van der Waals surface area contributed by atoms with Gasteiger partial charge in [-0.15, -0.1) is 0 Å². The second-order valence-corrected chi connectivity index (χ2v) is 6.32. The molecule has 0 aliphatic carbocycles. The maximum absolute atomic E-state index is 11.5. The number of thiol groups is 1. The Labute approximate surface area is 163 Å². The van der Waals surface area contributed by atoms with E-state index in [1.54, 1.807) is 0 Å². The maximum atomic E-state index is 11.5. The summed E-state index contributed by atoms with van der Waals surface area (Å²) in [5, 5.41) is 29.6. The number of carboxylic acids is 3. The van der Waals surface area contributed by atoms with Crippen molar-refractivity contribution in [1.82, 2.24) is 10.2 Å². The molecule has 0 aromatic carbocycles. The van der Waals surface area contributed by atoms with Gasteiger partial charge < -0.3 is 25.4 Å². The predicted molar refractivity (Wildman–Crippen MR) is 99.0 cm³/mol. The number of hydrogen-bond donors (Lipinski definition) is 5. The van der Waals surface area contributed by atoms with Crippen LogP contribution in [0.2, 0.25) is 0 Å². The number of hydrogen-bond acceptors (Lipinski definition) is 7. The van der Waals surface area contributed by atoms with Crippen molar-refractivity contribution in [3.8, 4) is 0 Å². The van der Waals surface area contributed by atoms with Crippen LogP contribution in [-0.4, -0.2) is 88.7 Å². The number of rotatable bonds is 17. The lowest BCUT2D eigenvalue weighted by molar-refractivity contribution is -0.149. The van der Waals surface area contributed by atoms with Crippen LogP contribution in [0.3, 0.4) is 0 Å². The van der Waals surface area contributed by atoms with Gasteiger partial charge in [-0.25, -0.2) is 0 Å². The molecule has 0 radical (unpaired) electrons. The highest BCUT2D eigenvalue weighted by atomic mass is 32.1. The molecule has 0 fully saturated rings. The molecule has 0 rings (SSSR count). The second kappa shape index (κ2) is 15.2. The molecule has 0 spiro atoms. The summed E-state index contributed by atoms with van der Waals surface area (Å²) in [5.74, 6) is -3.38. The lowest BCUT2D eigenvalue weighted by Gasteiger charge is -2.25. The van der Waals surface area contributed by atoms with Gasteiger partial charge in [0.05, 0.1) is 13.1 Å². The lowest BCUT2D eigenvalue weighted by Crippen LogP contribution is -2.46. The first-order valence-electron chi connectivity index (χ1n) is 8.63. The van der Waals surface area contributed by atoms with Gasteiger partial charge in [0.1, 0.15) is 12.6 Å². The van der Waals surface area contributed by atoms with Crippen molar-refractivity contribution < 1.29 is 39.2 Å². The summed E-state index contributed by atoms with van der Waals surface area (Å²) in [5.41, 5.74) is 0. The number of unbranched alkanes of at least 4 members (excludes halogenated alkanes) is 2. The minimum Gasteiger partial charge on any atom is -0.480 e. The number of amides is 1. The molecular formula is C16H28N2O8S. The lowest BCUT2D eigenvalue weighted by atomic mass is 10.1. The van der Waals surface area contributed by atoms with Gasteiger partial charge in [-0.1, -0.05) is 12.8 Å². The summed E-state index contributed by atoms with van der Waals surface area (Å²) < 4.78 is 5.13. The fourth-order valence-electron chi connectivity index (χ4n) is 2.34. The molecule has 0 bridgehead atoms. The van der Waals surface area contributed by atoms with E-state index in [4.69, 9.17) is 14.9 Å². The molecule has 0 aliphatic heterocycles. The van der Waals surface area contributed by atoms with E-state index < -0.39 is 37.0 Å². The van der Waals surface area contributed by atoms with Crippen molar-refractivity contribution in [3.63, 3.8) is 0 Å². The van der Waals surface area contributed by atoms with Gasteiger partial charge in [-0.2, -0.15) is 12.6 Å². The van der Waals surface area contributed by atoms with E-state index in [1.807, 2.05) is 0 Å². The average molecular weight is 408 g/mol. The fourth-order valence-corrected chi connectivity index (χ4v) is 2.46. The monoisotopic (exact) mass is 408 g/mol. The van der Waals surface area contributed by atoms with Crippen molar-refractivity contribution in [2.75, 3.05) is 38.6 Å². The minimum absolute atomic E-state index is 0.0196. The highest BCUT2D eigenvalue weighted by Gasteiger charge is 2.28. The summed E-state index contributed by atoms with van der Waals surface area (Å²) in [6.45, 7) is -0.454. The number of nitrogens with one attached hydrogen (secondary N) is 1. The minimum atomic E-state index is -1.29. The Morgan fingerprint density at radius 1 is 0.963 bits per heavy atom. The Morgan fingerprint density at radius 3 is 2.11 bits per heavy atom. The van der Waals surface area contributed by atoms with Gasteiger partial charge in [0.15, 0.2) is 0 Å². The van der Waals surface area contributed by atoms with Crippen LogP contribution in [0.4, 0.5) is 0 Å². The van der Waals surface area contributed by atoms with Crippen LogP contribution in [0.5, 0.6) is 0 Å². The van der Waals surface area contributed by atoms with E-state index in [1.165, 1.54) is 0 Å². The Hall–Kier alpha value is -1.85. The van der Waals surface area contributed by atoms with Crippen LogP contribution in [0.25, 0.3) is 0 Å². The summed E-state index contributed by atoms with van der Waals surface area (Å²) in [4.78, 5) is 45.4. The van der Waals surface area contributed by atoms with E-state index in [0.717, 1.165) is 11.3 Å². The zero-order valence-electron chi connectivity index (χ0n) is 15.1. The SMILES string of the molecule is O=C(O)CN(CC(=O)O)C(CCCCCNC(=O)COCCCS)C(=O)O. The molecule has 0 aromatic rings. The molecule has 1 atom stereocenters. The van der Waals surface area contributed by atoms with Gasteiger partial charge in [-0.05, 0) is 25.0 Å². The van der Waals surface area contributed by atoms with Gasteiger partial charge in [0.2, 0.25) is 5.91 Å². The number of carbonyl (C=O) groups excluding carboxylic acids is 1. The Kier molecular flexibility index (Phi) is 14.2. The van der Waals surface area contributed by atoms with E-state index in [2.05, 4.69) is 17.9 Å². The van der Waals surface area contributed by atoms with E-state index in [9.17, 15) is 24.3 Å². The molecule has 4 N–H and O–H groups in total. The predicted octanol–water partition coefficient (Wildman–Crippen LogP) is -0.0761. The van der Waals surface area contributed by atoms with Crippen LogP contribution < -0.4 is 5.32 Å². The summed E-state index contributed by atoms with van der Waals surface area (Å²) in [6.07, 6.45) is 2.57. The largest absolute Gasteiger partial charge is 0.480 e. The number of carbonyl (C=O) groups is 4. The van der Waals surface area contributed by atoms with Crippen LogP contribution in [0.15, 0.2) is 0 Å². The molecule has 156 valence electrons. The van der Waals surface area contributed by atoms with E-state index in [-0.39, 0.29) is 18.9 Å². The zero-order chi connectivity index (χ0) is 20.7. The number of ether oxygens (including phenoxy) is 1. The normalized spacial score (nSPS) is 11.9. The van der Waals surface area contributed by atoms with Crippen molar-refractivity contribution in [2.45, 2.75) is 38.1 Å². The highest BCUT2D eigenvalue weighted by Crippen LogP contribution is 2.11. The first kappa shape index (κ1) is 25.1. The van der Waals surface area contributed by atoms with Crippen LogP contribution in [0.1, 0.15) is 32.1 Å². The topological polar surface area (TPSA) is 153 Å². The second-order valence-electron chi connectivity index (χ2n) is 5.88. The molecule has 27 heavy (non-hydrogen) atoms. The molecule has 0 aliphatic rings. The molecule has 10 nitrogen and oxygen atoms in total. The highest BCUT2D eigenvalue weighted by molar-refractivity contribution is 7.80. The summed E-state index contributed by atoms with van der Waals surface area (Å²) >= 11 is 4.03. The Morgan fingerprint density at radius 2 is 1.59 bits per heavy atom. The fraction of sp³-hybridized carbons (Fsp3) is 0.750. The molecule has 0 aromatic heterocycles. The van der Waals surface area contributed by atoms with Gasteiger partial charge in [0.25, 0.3) is 0 Å². The van der Waals surface area contributed by atoms with Crippen LogP contribution >= 0.6 is 12.6 Å². The average Bonchev–Trinajstić information content (AvgIpc) is 2.56. The smallest absolute Gasteiger partial charge is 0.320 e. The van der Waals surface area contributed by atoms with Crippen molar-refractivity contribution in [1.29, 1.82) is 0 Å². The summed E-state index contributed by atoms with van der Waals surface area (Å²) in [6, 6.07) is -1.19. The molecule has 0 heterocycles. The van der Waals surface area contributed by atoms with Crippen molar-refractivity contribution in [2.24, 2.45) is 0 Å². The number of nitrogens with zero attached hydrogens (tertiary/aromatic N) is 1.